The summed E-state index contributed by atoms with van der Waals surface area (Å²) >= 11 is 0. The number of nitrogens with zero attached hydrogens (tertiary/aromatic N) is 4. The molecule has 0 radical (unpaired) electrons. The molecule has 0 aliphatic carbocycles. The summed E-state index contributed by atoms with van der Waals surface area (Å²) in [6.07, 6.45) is 3.37. The summed E-state index contributed by atoms with van der Waals surface area (Å²) < 4.78 is 7.11. The number of amides is 1. The summed E-state index contributed by atoms with van der Waals surface area (Å²) in [7, 11) is 0. The first-order chi connectivity index (χ1) is 16.5. The zero-order valence-electron chi connectivity index (χ0n) is 18.3. The van der Waals surface area contributed by atoms with Crippen molar-refractivity contribution < 1.29 is 14.5 Å². The Morgan fingerprint density at radius 3 is 2.47 bits per heavy atom. The number of para-hydroxylation sites is 1. The lowest BCUT2D eigenvalue weighted by Crippen LogP contribution is -2.24. The highest BCUT2D eigenvalue weighted by Gasteiger charge is 2.11. The third kappa shape index (κ3) is 5.52. The van der Waals surface area contributed by atoms with Gasteiger partial charge in [0.25, 0.3) is 11.6 Å². The Bertz CT molecular complexity index is 1310. The zero-order valence-corrected chi connectivity index (χ0v) is 18.3. The number of nitro benzene ring substituents is 1. The molecule has 0 atom stereocenters. The Hall–Kier alpha value is -4.79. The Morgan fingerprint density at radius 2 is 1.79 bits per heavy atom. The van der Waals surface area contributed by atoms with Crippen LogP contribution in [0.25, 0.3) is 16.9 Å². The molecule has 0 unspecified atom stereocenters. The van der Waals surface area contributed by atoms with Crippen molar-refractivity contribution in [3.05, 3.63) is 106 Å². The SMILES string of the molecule is Cc1ccc(-c2nn(-c3ccccc3)cc2/C=N\NC(=O)COc2ccc([N+](=O)[O-])cc2)cc1. The highest BCUT2D eigenvalue weighted by atomic mass is 16.6. The Labute approximate surface area is 195 Å². The molecular weight excluding hydrogens is 434 g/mol. The molecule has 4 rings (SSSR count). The monoisotopic (exact) mass is 455 g/mol. The lowest BCUT2D eigenvalue weighted by molar-refractivity contribution is -0.384. The molecule has 0 aliphatic rings. The van der Waals surface area contributed by atoms with E-state index in [-0.39, 0.29) is 12.3 Å². The minimum Gasteiger partial charge on any atom is -0.484 e. The largest absolute Gasteiger partial charge is 0.484 e. The van der Waals surface area contributed by atoms with Gasteiger partial charge in [0.2, 0.25) is 0 Å². The van der Waals surface area contributed by atoms with Crippen LogP contribution in [0.3, 0.4) is 0 Å². The number of non-ortho nitro benzene ring substituents is 1. The number of hydrogen-bond acceptors (Lipinski definition) is 6. The van der Waals surface area contributed by atoms with Crippen molar-refractivity contribution in [2.45, 2.75) is 6.92 Å². The number of carbonyl (C=O) groups excluding carboxylic acids is 1. The molecule has 34 heavy (non-hydrogen) atoms. The fourth-order valence-corrected chi connectivity index (χ4v) is 3.15. The Kier molecular flexibility index (Phi) is 6.73. The zero-order chi connectivity index (χ0) is 23.9. The number of hydrazone groups is 1. The predicted molar refractivity (Wildman–Crippen MR) is 128 cm³/mol. The molecule has 170 valence electrons. The van der Waals surface area contributed by atoms with Gasteiger partial charge < -0.3 is 4.74 Å². The van der Waals surface area contributed by atoms with Crippen LogP contribution >= 0.6 is 0 Å². The van der Waals surface area contributed by atoms with Crippen LogP contribution in [0.5, 0.6) is 5.75 Å². The van der Waals surface area contributed by atoms with Crippen LogP contribution in [0.4, 0.5) is 5.69 Å². The summed E-state index contributed by atoms with van der Waals surface area (Å²) in [5.41, 5.74) is 6.79. The third-order valence-electron chi connectivity index (χ3n) is 4.90. The van der Waals surface area contributed by atoms with Crippen LogP contribution in [-0.2, 0) is 4.79 Å². The molecule has 0 bridgehead atoms. The molecule has 0 spiro atoms. The number of benzene rings is 3. The van der Waals surface area contributed by atoms with Crippen LogP contribution < -0.4 is 10.2 Å². The summed E-state index contributed by atoms with van der Waals surface area (Å²) in [6, 6.07) is 23.2. The van der Waals surface area contributed by atoms with Crippen molar-refractivity contribution in [1.29, 1.82) is 0 Å². The maximum atomic E-state index is 12.1. The number of nitrogens with one attached hydrogen (secondary N) is 1. The molecule has 3 aromatic carbocycles. The predicted octanol–water partition coefficient (Wildman–Crippen LogP) is 4.29. The van der Waals surface area contributed by atoms with Gasteiger partial charge in [-0.15, -0.1) is 0 Å². The quantitative estimate of drug-likeness (QED) is 0.242. The maximum absolute atomic E-state index is 12.1. The van der Waals surface area contributed by atoms with Gasteiger partial charge in [0, 0.05) is 29.5 Å². The summed E-state index contributed by atoms with van der Waals surface area (Å²) in [4.78, 5) is 22.3. The highest BCUT2D eigenvalue weighted by molar-refractivity contribution is 5.89. The van der Waals surface area contributed by atoms with Gasteiger partial charge in [-0.05, 0) is 31.2 Å². The van der Waals surface area contributed by atoms with Gasteiger partial charge >= 0.3 is 0 Å². The molecule has 1 heterocycles. The molecule has 9 nitrogen and oxygen atoms in total. The van der Waals surface area contributed by atoms with Crippen molar-refractivity contribution in [3.8, 4) is 22.7 Å². The maximum Gasteiger partial charge on any atom is 0.277 e. The topological polar surface area (TPSA) is 112 Å². The first-order valence-corrected chi connectivity index (χ1v) is 10.4. The van der Waals surface area contributed by atoms with E-state index in [1.807, 2.05) is 67.7 Å². The average molecular weight is 455 g/mol. The van der Waals surface area contributed by atoms with E-state index in [0.717, 1.165) is 28.1 Å². The van der Waals surface area contributed by atoms with Crippen LogP contribution in [0.15, 0.2) is 90.2 Å². The Morgan fingerprint density at radius 1 is 1.09 bits per heavy atom. The number of aryl methyl sites for hydroxylation is 1. The first-order valence-electron chi connectivity index (χ1n) is 10.4. The molecule has 0 aliphatic heterocycles. The number of rotatable bonds is 8. The van der Waals surface area contributed by atoms with Crippen molar-refractivity contribution in [3.63, 3.8) is 0 Å². The second-order valence-corrected chi connectivity index (χ2v) is 7.41. The van der Waals surface area contributed by atoms with E-state index in [1.165, 1.54) is 30.5 Å². The van der Waals surface area contributed by atoms with E-state index in [9.17, 15) is 14.9 Å². The smallest absolute Gasteiger partial charge is 0.277 e. The standard InChI is InChI=1S/C25H21N5O4/c1-18-7-9-19(10-8-18)25-20(16-29(28-25)21-5-3-2-4-6-21)15-26-27-24(31)17-34-23-13-11-22(12-14-23)30(32)33/h2-16H,17H2,1H3,(H,27,31)/b26-15-. The fraction of sp³-hybridized carbons (Fsp3) is 0.0800. The van der Waals surface area contributed by atoms with E-state index in [2.05, 4.69) is 10.5 Å². The van der Waals surface area contributed by atoms with Crippen molar-refractivity contribution >= 4 is 17.8 Å². The second kappa shape index (κ2) is 10.2. The van der Waals surface area contributed by atoms with E-state index >= 15 is 0 Å². The van der Waals surface area contributed by atoms with Gasteiger partial charge in [0.15, 0.2) is 6.61 Å². The van der Waals surface area contributed by atoms with Gasteiger partial charge in [-0.1, -0.05) is 48.0 Å². The Balaban J connectivity index is 1.45. The molecule has 0 fully saturated rings. The summed E-state index contributed by atoms with van der Waals surface area (Å²) in [5, 5.41) is 19.5. The second-order valence-electron chi connectivity index (χ2n) is 7.41. The minimum absolute atomic E-state index is 0.0539. The molecule has 1 amide bonds. The summed E-state index contributed by atoms with van der Waals surface area (Å²) in [5.74, 6) is -0.127. The van der Waals surface area contributed by atoms with Gasteiger partial charge in [-0.3, -0.25) is 14.9 Å². The van der Waals surface area contributed by atoms with E-state index in [0.29, 0.717) is 5.75 Å². The average Bonchev–Trinajstić information content (AvgIpc) is 3.28. The first kappa shape index (κ1) is 22.4. The molecule has 1 aromatic heterocycles. The van der Waals surface area contributed by atoms with Crippen molar-refractivity contribution in [2.24, 2.45) is 5.10 Å². The molecule has 0 saturated heterocycles. The van der Waals surface area contributed by atoms with E-state index in [4.69, 9.17) is 9.84 Å². The van der Waals surface area contributed by atoms with Gasteiger partial charge in [0.1, 0.15) is 11.4 Å². The number of ether oxygens (including phenoxy) is 1. The van der Waals surface area contributed by atoms with E-state index in [1.54, 1.807) is 4.68 Å². The number of nitro groups is 1. The lowest BCUT2D eigenvalue weighted by Gasteiger charge is -2.04. The van der Waals surface area contributed by atoms with Crippen molar-refractivity contribution in [2.75, 3.05) is 6.61 Å². The fourth-order valence-electron chi connectivity index (χ4n) is 3.15. The summed E-state index contributed by atoms with van der Waals surface area (Å²) in [6.45, 7) is 1.73. The molecule has 1 N–H and O–H groups in total. The van der Waals surface area contributed by atoms with Crippen LogP contribution in [0, 0.1) is 17.0 Å². The van der Waals surface area contributed by atoms with Gasteiger partial charge in [-0.25, -0.2) is 10.1 Å². The van der Waals surface area contributed by atoms with Crippen LogP contribution in [0.1, 0.15) is 11.1 Å². The van der Waals surface area contributed by atoms with Crippen LogP contribution in [0.2, 0.25) is 0 Å². The van der Waals surface area contributed by atoms with Gasteiger partial charge in [0.05, 0.1) is 16.8 Å². The molecule has 4 aromatic rings. The van der Waals surface area contributed by atoms with E-state index < -0.39 is 10.8 Å². The highest BCUT2D eigenvalue weighted by Crippen LogP contribution is 2.23. The number of hydrogen-bond donors (Lipinski definition) is 1. The molecular formula is C25H21N5O4. The minimum atomic E-state index is -0.504. The van der Waals surface area contributed by atoms with Gasteiger partial charge in [-0.2, -0.15) is 10.2 Å². The number of aromatic nitrogens is 2. The molecule has 0 saturated carbocycles. The van der Waals surface area contributed by atoms with Crippen LogP contribution in [-0.4, -0.2) is 33.4 Å². The van der Waals surface area contributed by atoms with Crippen molar-refractivity contribution in [1.82, 2.24) is 15.2 Å². The normalized spacial score (nSPS) is 10.9. The third-order valence-corrected chi connectivity index (χ3v) is 4.90. The molecule has 9 heteroatoms. The lowest BCUT2D eigenvalue weighted by atomic mass is 10.1. The number of carbonyl (C=O) groups is 1.